The molecule has 1 unspecified atom stereocenters. The molecule has 49 heavy (non-hydrogen) atoms. The number of piperidine rings is 1. The van der Waals surface area contributed by atoms with Crippen LogP contribution >= 0.6 is 11.6 Å². The Morgan fingerprint density at radius 1 is 0.959 bits per heavy atom. The minimum absolute atomic E-state index is 0.0843. The van der Waals surface area contributed by atoms with Crippen LogP contribution in [0.3, 0.4) is 0 Å². The second-order valence-corrected chi connectivity index (χ2v) is 14.9. The number of anilines is 1. The molecule has 0 bridgehead atoms. The van der Waals surface area contributed by atoms with E-state index < -0.39 is 27.5 Å². The van der Waals surface area contributed by atoms with Gasteiger partial charge in [-0.2, -0.15) is 4.31 Å². The van der Waals surface area contributed by atoms with Gasteiger partial charge in [-0.05, 0) is 76.3 Å². The van der Waals surface area contributed by atoms with Gasteiger partial charge in [-0.25, -0.2) is 13.2 Å². The number of urea groups is 1. The van der Waals surface area contributed by atoms with Gasteiger partial charge in [0, 0.05) is 60.0 Å². The summed E-state index contributed by atoms with van der Waals surface area (Å²) >= 11 is 6.58. The van der Waals surface area contributed by atoms with Gasteiger partial charge >= 0.3 is 6.03 Å². The lowest BCUT2D eigenvalue weighted by Crippen LogP contribution is -2.61. The molecule has 11 nitrogen and oxygen atoms in total. The first-order chi connectivity index (χ1) is 23.6. The van der Waals surface area contributed by atoms with Gasteiger partial charge in [0.15, 0.2) is 5.54 Å². The summed E-state index contributed by atoms with van der Waals surface area (Å²) in [5.41, 5.74) is -1.14. The number of fused-ring (bicyclic) bond motifs is 2. The highest BCUT2D eigenvalue weighted by molar-refractivity contribution is 7.93. The molecule has 13 heteroatoms. The van der Waals surface area contributed by atoms with Gasteiger partial charge < -0.3 is 19.9 Å². The molecule has 1 atom stereocenters. The van der Waals surface area contributed by atoms with E-state index in [9.17, 15) is 13.2 Å². The van der Waals surface area contributed by atoms with Crippen LogP contribution in [-0.2, 0) is 20.4 Å². The number of amides is 3. The minimum atomic E-state index is -4.57. The Hall–Kier alpha value is -4.23. The standard InChI is InChI=1S/C36H39ClN6O5S/c1-3-48-31-11-5-4-10-28(31)36(39-35(45)42-22-20-41(21-23-42)27-15-18-40(2)19-16-27)29-24-26(37)13-14-30(29)43(34(36)44)49(46,47)32-12-6-8-25-9-7-17-38-33(25)32/h4-14,17,24,27H,3,15-16,18-23H2,1-2H3,(H,39,45). The van der Waals surface area contributed by atoms with E-state index in [1.165, 1.54) is 24.4 Å². The molecule has 3 amide bonds. The molecule has 0 radical (unpaired) electrons. The van der Waals surface area contributed by atoms with E-state index in [2.05, 4.69) is 27.1 Å². The third-order valence-corrected chi connectivity index (χ3v) is 11.9. The predicted molar refractivity (Wildman–Crippen MR) is 188 cm³/mol. The lowest BCUT2D eigenvalue weighted by Gasteiger charge is -2.43. The van der Waals surface area contributed by atoms with Crippen molar-refractivity contribution in [3.63, 3.8) is 0 Å². The fourth-order valence-electron chi connectivity index (χ4n) is 7.38. The number of pyridine rings is 1. The molecular weight excluding hydrogens is 664 g/mol. The number of hydrogen-bond donors (Lipinski definition) is 1. The van der Waals surface area contributed by atoms with Gasteiger partial charge in [0.25, 0.3) is 15.9 Å². The van der Waals surface area contributed by atoms with Crippen LogP contribution in [0.2, 0.25) is 5.02 Å². The van der Waals surface area contributed by atoms with E-state index in [-0.39, 0.29) is 33.3 Å². The van der Waals surface area contributed by atoms with Crippen LogP contribution in [0.5, 0.6) is 5.75 Å². The largest absolute Gasteiger partial charge is 0.493 e. The summed E-state index contributed by atoms with van der Waals surface area (Å²) < 4.78 is 36.2. The quantitative estimate of drug-likeness (QED) is 0.295. The summed E-state index contributed by atoms with van der Waals surface area (Å²) in [7, 11) is -2.43. The Labute approximate surface area is 291 Å². The number of nitrogens with one attached hydrogen (secondary N) is 1. The van der Waals surface area contributed by atoms with Gasteiger partial charge in [-0.3, -0.25) is 14.7 Å². The van der Waals surface area contributed by atoms with Gasteiger partial charge in [0.1, 0.15) is 10.6 Å². The van der Waals surface area contributed by atoms with Crippen molar-refractivity contribution in [1.29, 1.82) is 0 Å². The van der Waals surface area contributed by atoms with Crippen LogP contribution in [0.1, 0.15) is 30.9 Å². The number of likely N-dealkylation sites (tertiary alicyclic amines) is 1. The van der Waals surface area contributed by atoms with Gasteiger partial charge in [-0.1, -0.05) is 48.0 Å². The molecule has 0 saturated carbocycles. The summed E-state index contributed by atoms with van der Waals surface area (Å²) in [4.78, 5) is 40.2. The summed E-state index contributed by atoms with van der Waals surface area (Å²) in [6.45, 7) is 6.52. The second-order valence-electron chi connectivity index (χ2n) is 12.7. The number of carbonyl (C=O) groups is 2. The molecule has 1 aromatic heterocycles. The third-order valence-electron chi connectivity index (χ3n) is 9.89. The molecule has 3 aromatic carbocycles. The first-order valence-electron chi connectivity index (χ1n) is 16.6. The number of hydrogen-bond acceptors (Lipinski definition) is 8. The molecule has 256 valence electrons. The van der Waals surface area contributed by atoms with Gasteiger partial charge in [0.2, 0.25) is 0 Å². The van der Waals surface area contributed by atoms with Crippen LogP contribution in [0.4, 0.5) is 10.5 Å². The number of nitrogens with zero attached hydrogens (tertiary/aromatic N) is 5. The van der Waals surface area contributed by atoms with Crippen molar-refractivity contribution in [3.05, 3.63) is 95.1 Å². The van der Waals surface area contributed by atoms with Crippen molar-refractivity contribution in [2.24, 2.45) is 0 Å². The number of para-hydroxylation sites is 2. The van der Waals surface area contributed by atoms with Gasteiger partial charge in [0.05, 0.1) is 17.8 Å². The van der Waals surface area contributed by atoms with E-state index in [0.29, 0.717) is 48.9 Å². The highest BCUT2D eigenvalue weighted by atomic mass is 35.5. The minimum Gasteiger partial charge on any atom is -0.493 e. The molecule has 3 aliphatic rings. The number of rotatable bonds is 7. The molecule has 0 aliphatic carbocycles. The Bertz CT molecular complexity index is 2010. The average molecular weight is 703 g/mol. The number of halogens is 1. The molecule has 0 spiro atoms. The van der Waals surface area contributed by atoms with Gasteiger partial charge in [-0.15, -0.1) is 0 Å². The monoisotopic (exact) mass is 702 g/mol. The fourth-order valence-corrected chi connectivity index (χ4v) is 9.19. The summed E-state index contributed by atoms with van der Waals surface area (Å²) in [6.07, 6.45) is 3.68. The molecule has 7 rings (SSSR count). The highest BCUT2D eigenvalue weighted by Crippen LogP contribution is 2.50. The summed E-state index contributed by atoms with van der Waals surface area (Å²) in [6, 6.07) is 19.7. The van der Waals surface area contributed by atoms with Crippen molar-refractivity contribution in [2.75, 3.05) is 57.2 Å². The number of piperazine rings is 1. The Kier molecular flexibility index (Phi) is 8.99. The average Bonchev–Trinajstić information content (AvgIpc) is 3.36. The summed E-state index contributed by atoms with van der Waals surface area (Å²) in [5.74, 6) is -0.536. The van der Waals surface area contributed by atoms with E-state index in [0.717, 1.165) is 30.2 Å². The predicted octanol–water partition coefficient (Wildman–Crippen LogP) is 4.69. The normalized spacial score (nSPS) is 20.8. The maximum absolute atomic E-state index is 15.2. The van der Waals surface area contributed by atoms with Crippen molar-refractivity contribution in [1.82, 2.24) is 25.0 Å². The van der Waals surface area contributed by atoms with E-state index in [4.69, 9.17) is 16.3 Å². The zero-order valence-corrected chi connectivity index (χ0v) is 29.1. The molecule has 4 heterocycles. The third kappa shape index (κ3) is 5.80. The lowest BCUT2D eigenvalue weighted by molar-refractivity contribution is -0.121. The molecule has 2 saturated heterocycles. The van der Waals surface area contributed by atoms with Crippen molar-refractivity contribution >= 4 is 50.2 Å². The number of ether oxygens (including phenoxy) is 1. The Morgan fingerprint density at radius 2 is 1.69 bits per heavy atom. The first kappa shape index (κ1) is 33.3. The number of carbonyl (C=O) groups excluding carboxylic acids is 2. The molecule has 1 N–H and O–H groups in total. The Balaban J connectivity index is 1.31. The maximum atomic E-state index is 15.2. The van der Waals surface area contributed by atoms with E-state index in [1.807, 2.05) is 6.92 Å². The molecule has 3 aliphatic heterocycles. The van der Waals surface area contributed by atoms with Crippen LogP contribution in [0.25, 0.3) is 10.9 Å². The topological polar surface area (TPSA) is 115 Å². The number of aromatic nitrogens is 1. The van der Waals surface area contributed by atoms with Crippen LogP contribution in [0, 0.1) is 0 Å². The van der Waals surface area contributed by atoms with Crippen molar-refractivity contribution in [3.8, 4) is 5.75 Å². The van der Waals surface area contributed by atoms with Crippen LogP contribution in [0.15, 0.2) is 83.9 Å². The summed E-state index contributed by atoms with van der Waals surface area (Å²) in [5, 5.41) is 3.93. The van der Waals surface area contributed by atoms with E-state index >= 15 is 4.79 Å². The van der Waals surface area contributed by atoms with Crippen molar-refractivity contribution in [2.45, 2.75) is 36.2 Å². The molecule has 2 fully saturated rings. The zero-order chi connectivity index (χ0) is 34.3. The van der Waals surface area contributed by atoms with Crippen molar-refractivity contribution < 1.29 is 22.7 Å². The number of sulfonamides is 1. The van der Waals surface area contributed by atoms with E-state index in [1.54, 1.807) is 59.5 Å². The molecular formula is C36H39ClN6O5S. The number of benzene rings is 3. The smallest absolute Gasteiger partial charge is 0.318 e. The molecule has 4 aromatic rings. The SMILES string of the molecule is CCOc1ccccc1C1(NC(=O)N2CCN(C3CCN(C)CC3)CC2)C(=O)N(S(=O)(=O)c2cccc3cccnc23)c2ccc(Cl)cc21. The zero-order valence-electron chi connectivity index (χ0n) is 27.5. The second kappa shape index (κ2) is 13.2. The van der Waals surface area contributed by atoms with Crippen LogP contribution < -0.4 is 14.4 Å². The highest BCUT2D eigenvalue weighted by Gasteiger charge is 2.59. The van der Waals surface area contributed by atoms with Crippen LogP contribution in [-0.4, -0.2) is 99.0 Å². The Morgan fingerprint density at radius 3 is 2.45 bits per heavy atom. The first-order valence-corrected chi connectivity index (χ1v) is 18.4. The fraction of sp³-hybridized carbons (Fsp3) is 0.361. The lowest BCUT2D eigenvalue weighted by atomic mass is 9.83. The maximum Gasteiger partial charge on any atom is 0.318 e.